The summed E-state index contributed by atoms with van der Waals surface area (Å²) in [7, 11) is 1.90. The Bertz CT molecular complexity index is 429. The molecule has 6 nitrogen and oxygen atoms in total. The van der Waals surface area contributed by atoms with Gasteiger partial charge in [0, 0.05) is 20.1 Å². The van der Waals surface area contributed by atoms with Gasteiger partial charge in [-0.3, -0.25) is 5.32 Å². The minimum atomic E-state index is -0.530. The topological polar surface area (TPSA) is 80.5 Å². The number of likely N-dealkylation sites (N-methyl/N-ethyl adjacent to an activating group) is 1. The van der Waals surface area contributed by atoms with Crippen LogP contribution >= 0.6 is 0 Å². The standard InChI is InChI=1S/C13H22N4O2/c1-13(2,3)19-12(18)16-10-6-5-7-11(15-10)17(4)9-8-14/h5-7H,8-9,14H2,1-4H3,(H,15,16,18). The molecule has 0 unspecified atom stereocenters. The number of nitrogens with one attached hydrogen (secondary N) is 1. The predicted molar refractivity (Wildman–Crippen MR) is 76.4 cm³/mol. The third-order valence-corrected chi connectivity index (χ3v) is 2.22. The van der Waals surface area contributed by atoms with Gasteiger partial charge in [0.25, 0.3) is 0 Å². The molecular formula is C13H22N4O2. The number of carbonyl (C=O) groups is 1. The van der Waals surface area contributed by atoms with Crippen molar-refractivity contribution in [2.75, 3.05) is 30.4 Å². The second-order valence-electron chi connectivity index (χ2n) is 5.22. The molecule has 0 bridgehead atoms. The number of ether oxygens (including phenoxy) is 1. The second kappa shape index (κ2) is 6.38. The Kier molecular flexibility index (Phi) is 5.11. The number of hydrogen-bond donors (Lipinski definition) is 2. The van der Waals surface area contributed by atoms with E-state index >= 15 is 0 Å². The fraction of sp³-hybridized carbons (Fsp3) is 0.538. The normalized spacial score (nSPS) is 11.0. The number of rotatable bonds is 4. The van der Waals surface area contributed by atoms with Gasteiger partial charge in [-0.2, -0.15) is 0 Å². The van der Waals surface area contributed by atoms with Crippen LogP contribution in [0, 0.1) is 0 Å². The summed E-state index contributed by atoms with van der Waals surface area (Å²) in [6, 6.07) is 5.39. The van der Waals surface area contributed by atoms with Crippen molar-refractivity contribution in [2.24, 2.45) is 5.73 Å². The van der Waals surface area contributed by atoms with Gasteiger partial charge in [-0.15, -0.1) is 0 Å². The highest BCUT2D eigenvalue weighted by Crippen LogP contribution is 2.14. The third kappa shape index (κ3) is 5.56. The summed E-state index contributed by atoms with van der Waals surface area (Å²) < 4.78 is 5.17. The molecule has 1 amide bonds. The molecule has 0 fully saturated rings. The van der Waals surface area contributed by atoms with Crippen molar-refractivity contribution in [1.82, 2.24) is 4.98 Å². The Labute approximate surface area is 113 Å². The van der Waals surface area contributed by atoms with Crippen molar-refractivity contribution in [3.05, 3.63) is 18.2 Å². The molecular weight excluding hydrogens is 244 g/mol. The van der Waals surface area contributed by atoms with Crippen LogP contribution in [0.5, 0.6) is 0 Å². The summed E-state index contributed by atoms with van der Waals surface area (Å²) in [5.41, 5.74) is 4.97. The van der Waals surface area contributed by atoms with E-state index in [0.717, 1.165) is 5.82 Å². The molecule has 0 radical (unpaired) electrons. The minimum Gasteiger partial charge on any atom is -0.444 e. The molecule has 3 N–H and O–H groups in total. The number of anilines is 2. The quantitative estimate of drug-likeness (QED) is 0.869. The third-order valence-electron chi connectivity index (χ3n) is 2.22. The van der Waals surface area contributed by atoms with E-state index in [9.17, 15) is 4.79 Å². The molecule has 1 heterocycles. The van der Waals surface area contributed by atoms with E-state index in [1.165, 1.54) is 0 Å². The van der Waals surface area contributed by atoms with Crippen LogP contribution in [0.3, 0.4) is 0 Å². The summed E-state index contributed by atoms with van der Waals surface area (Å²) >= 11 is 0. The van der Waals surface area contributed by atoms with E-state index in [-0.39, 0.29) is 0 Å². The van der Waals surface area contributed by atoms with E-state index in [1.54, 1.807) is 6.07 Å². The van der Waals surface area contributed by atoms with Crippen LogP contribution in [-0.2, 0) is 4.74 Å². The van der Waals surface area contributed by atoms with Crippen LogP contribution in [-0.4, -0.2) is 36.8 Å². The first-order valence-electron chi connectivity index (χ1n) is 6.20. The molecule has 0 aliphatic heterocycles. The first-order valence-corrected chi connectivity index (χ1v) is 6.20. The van der Waals surface area contributed by atoms with Crippen LogP contribution in [0.25, 0.3) is 0 Å². The Morgan fingerprint density at radius 3 is 2.74 bits per heavy atom. The lowest BCUT2D eigenvalue weighted by Crippen LogP contribution is -2.28. The number of hydrogen-bond acceptors (Lipinski definition) is 5. The van der Waals surface area contributed by atoms with Gasteiger partial charge in [-0.25, -0.2) is 9.78 Å². The number of aromatic nitrogens is 1. The zero-order chi connectivity index (χ0) is 14.5. The predicted octanol–water partition coefficient (Wildman–Crippen LogP) is 1.82. The summed E-state index contributed by atoms with van der Waals surface area (Å²) in [4.78, 5) is 17.9. The molecule has 0 saturated carbocycles. The number of pyridine rings is 1. The van der Waals surface area contributed by atoms with Gasteiger partial charge in [-0.05, 0) is 32.9 Å². The molecule has 0 spiro atoms. The number of nitrogens with two attached hydrogens (primary N) is 1. The molecule has 1 aromatic rings. The Morgan fingerprint density at radius 1 is 1.47 bits per heavy atom. The molecule has 0 atom stereocenters. The molecule has 6 heteroatoms. The molecule has 19 heavy (non-hydrogen) atoms. The SMILES string of the molecule is CN(CCN)c1cccc(NC(=O)OC(C)(C)C)n1. The Hall–Kier alpha value is -1.82. The molecule has 1 aromatic heterocycles. The first kappa shape index (κ1) is 15.2. The zero-order valence-electron chi connectivity index (χ0n) is 11.9. The van der Waals surface area contributed by atoms with Crippen LogP contribution in [0.15, 0.2) is 18.2 Å². The van der Waals surface area contributed by atoms with Crippen molar-refractivity contribution in [3.63, 3.8) is 0 Å². The molecule has 0 saturated heterocycles. The van der Waals surface area contributed by atoms with Gasteiger partial charge in [-0.1, -0.05) is 6.07 Å². The van der Waals surface area contributed by atoms with Gasteiger partial charge in [0.2, 0.25) is 0 Å². The smallest absolute Gasteiger partial charge is 0.413 e. The maximum absolute atomic E-state index is 11.6. The highest BCUT2D eigenvalue weighted by atomic mass is 16.6. The van der Waals surface area contributed by atoms with Gasteiger partial charge in [0.05, 0.1) is 0 Å². The van der Waals surface area contributed by atoms with E-state index in [2.05, 4.69) is 10.3 Å². The average Bonchev–Trinajstić information content (AvgIpc) is 2.27. The zero-order valence-corrected chi connectivity index (χ0v) is 11.9. The van der Waals surface area contributed by atoms with Crippen LogP contribution < -0.4 is 16.0 Å². The maximum atomic E-state index is 11.6. The van der Waals surface area contributed by atoms with Gasteiger partial charge in [0.15, 0.2) is 0 Å². The summed E-state index contributed by atoms with van der Waals surface area (Å²) in [5, 5.41) is 2.61. The van der Waals surface area contributed by atoms with Crippen molar-refractivity contribution < 1.29 is 9.53 Å². The largest absolute Gasteiger partial charge is 0.444 e. The highest BCUT2D eigenvalue weighted by molar-refractivity contribution is 5.83. The Balaban J connectivity index is 2.69. The summed E-state index contributed by atoms with van der Waals surface area (Å²) in [6.45, 7) is 6.67. The van der Waals surface area contributed by atoms with Gasteiger partial charge < -0.3 is 15.4 Å². The monoisotopic (exact) mass is 266 g/mol. The van der Waals surface area contributed by atoms with Crippen LogP contribution in [0.1, 0.15) is 20.8 Å². The summed E-state index contributed by atoms with van der Waals surface area (Å²) in [5.74, 6) is 1.20. The van der Waals surface area contributed by atoms with Crippen LogP contribution in [0.2, 0.25) is 0 Å². The van der Waals surface area contributed by atoms with Gasteiger partial charge in [0.1, 0.15) is 17.2 Å². The number of carbonyl (C=O) groups excluding carboxylic acids is 1. The maximum Gasteiger partial charge on any atom is 0.413 e. The van der Waals surface area contributed by atoms with Crippen molar-refractivity contribution in [1.29, 1.82) is 0 Å². The van der Waals surface area contributed by atoms with Gasteiger partial charge >= 0.3 is 6.09 Å². The molecule has 0 aliphatic carbocycles. The van der Waals surface area contributed by atoms with Crippen LogP contribution in [0.4, 0.5) is 16.4 Å². The molecule has 0 aliphatic rings. The molecule has 1 rings (SSSR count). The lowest BCUT2D eigenvalue weighted by Gasteiger charge is -2.20. The number of amides is 1. The first-order chi connectivity index (χ1) is 8.81. The molecule has 0 aromatic carbocycles. The molecule has 106 valence electrons. The lowest BCUT2D eigenvalue weighted by molar-refractivity contribution is 0.0635. The van der Waals surface area contributed by atoms with Crippen molar-refractivity contribution in [3.8, 4) is 0 Å². The van der Waals surface area contributed by atoms with E-state index in [0.29, 0.717) is 18.9 Å². The minimum absolute atomic E-state index is 0.454. The average molecular weight is 266 g/mol. The van der Waals surface area contributed by atoms with E-state index in [4.69, 9.17) is 10.5 Å². The number of nitrogens with zero attached hydrogens (tertiary/aromatic N) is 2. The van der Waals surface area contributed by atoms with E-state index in [1.807, 2.05) is 44.9 Å². The van der Waals surface area contributed by atoms with Crippen molar-refractivity contribution >= 4 is 17.7 Å². The van der Waals surface area contributed by atoms with Crippen molar-refractivity contribution in [2.45, 2.75) is 26.4 Å². The second-order valence-corrected chi connectivity index (χ2v) is 5.22. The summed E-state index contributed by atoms with van der Waals surface area (Å²) in [6.07, 6.45) is -0.515. The highest BCUT2D eigenvalue weighted by Gasteiger charge is 2.16. The van der Waals surface area contributed by atoms with E-state index < -0.39 is 11.7 Å². The fourth-order valence-electron chi connectivity index (χ4n) is 1.42. The fourth-order valence-corrected chi connectivity index (χ4v) is 1.42. The Morgan fingerprint density at radius 2 is 2.16 bits per heavy atom. The lowest BCUT2D eigenvalue weighted by atomic mass is 10.2.